The van der Waals surface area contributed by atoms with Crippen LogP contribution in [0.15, 0.2) is 36.5 Å². The van der Waals surface area contributed by atoms with Crippen molar-refractivity contribution in [2.24, 2.45) is 0 Å². The fraction of sp³-hybridized carbons (Fsp3) is 0.294. The van der Waals surface area contributed by atoms with Crippen molar-refractivity contribution in [1.82, 2.24) is 14.6 Å². The molecule has 2 aromatic heterocycles. The SMILES string of the molecule is CC(C)(C)c1nnc2ccc(Cc3ccc(F)cc3F)cn12. The molecule has 0 atom stereocenters. The van der Waals surface area contributed by atoms with E-state index in [-0.39, 0.29) is 5.41 Å². The molecule has 0 unspecified atom stereocenters. The first kappa shape index (κ1) is 14.6. The first-order valence-corrected chi connectivity index (χ1v) is 7.13. The summed E-state index contributed by atoms with van der Waals surface area (Å²) in [5, 5.41) is 8.38. The molecule has 0 N–H and O–H groups in total. The van der Waals surface area contributed by atoms with Gasteiger partial charge in [0.25, 0.3) is 0 Å². The average molecular weight is 301 g/mol. The number of nitrogens with zero attached hydrogens (tertiary/aromatic N) is 3. The summed E-state index contributed by atoms with van der Waals surface area (Å²) < 4.78 is 28.7. The highest BCUT2D eigenvalue weighted by Crippen LogP contribution is 2.22. The smallest absolute Gasteiger partial charge is 0.160 e. The molecular formula is C17H17F2N3. The molecule has 2 heterocycles. The third-order valence-corrected chi connectivity index (χ3v) is 3.54. The second-order valence-electron chi connectivity index (χ2n) is 6.45. The molecule has 3 nitrogen and oxygen atoms in total. The summed E-state index contributed by atoms with van der Waals surface area (Å²) in [5.41, 5.74) is 2.00. The lowest BCUT2D eigenvalue weighted by Gasteiger charge is -2.16. The van der Waals surface area contributed by atoms with Gasteiger partial charge in [-0.3, -0.25) is 4.40 Å². The van der Waals surface area contributed by atoms with E-state index in [1.165, 1.54) is 12.1 Å². The molecule has 0 radical (unpaired) electrons. The molecule has 0 aliphatic carbocycles. The van der Waals surface area contributed by atoms with Gasteiger partial charge in [0.15, 0.2) is 5.65 Å². The Morgan fingerprint density at radius 2 is 1.82 bits per heavy atom. The van der Waals surface area contributed by atoms with E-state index in [0.717, 1.165) is 23.1 Å². The minimum absolute atomic E-state index is 0.140. The van der Waals surface area contributed by atoms with Crippen LogP contribution in [0.5, 0.6) is 0 Å². The van der Waals surface area contributed by atoms with E-state index in [2.05, 4.69) is 31.0 Å². The molecule has 0 amide bonds. The van der Waals surface area contributed by atoms with Crippen molar-refractivity contribution in [1.29, 1.82) is 0 Å². The van der Waals surface area contributed by atoms with E-state index in [1.807, 2.05) is 22.7 Å². The highest BCUT2D eigenvalue weighted by Gasteiger charge is 2.20. The second-order valence-corrected chi connectivity index (χ2v) is 6.45. The Balaban J connectivity index is 2.01. The van der Waals surface area contributed by atoms with Crippen molar-refractivity contribution in [3.05, 3.63) is 65.1 Å². The predicted octanol–water partition coefficient (Wildman–Crippen LogP) is 3.90. The fourth-order valence-corrected chi connectivity index (χ4v) is 2.44. The molecule has 5 heteroatoms. The molecule has 0 saturated heterocycles. The maximum atomic E-state index is 13.8. The zero-order chi connectivity index (χ0) is 15.9. The van der Waals surface area contributed by atoms with Crippen molar-refractivity contribution in [3.63, 3.8) is 0 Å². The van der Waals surface area contributed by atoms with Gasteiger partial charge in [-0.25, -0.2) is 8.78 Å². The number of rotatable bonds is 2. The number of fused-ring (bicyclic) bond motifs is 1. The van der Waals surface area contributed by atoms with Gasteiger partial charge in [0, 0.05) is 24.1 Å². The van der Waals surface area contributed by atoms with E-state index in [9.17, 15) is 8.78 Å². The third-order valence-electron chi connectivity index (χ3n) is 3.54. The van der Waals surface area contributed by atoms with Crippen molar-refractivity contribution >= 4 is 5.65 Å². The van der Waals surface area contributed by atoms with Crippen molar-refractivity contribution < 1.29 is 8.78 Å². The van der Waals surface area contributed by atoms with Crippen LogP contribution in [0.3, 0.4) is 0 Å². The minimum atomic E-state index is -0.564. The first-order valence-electron chi connectivity index (χ1n) is 7.13. The van der Waals surface area contributed by atoms with Gasteiger partial charge in [-0.15, -0.1) is 10.2 Å². The summed E-state index contributed by atoms with van der Waals surface area (Å²) in [6.07, 6.45) is 2.31. The van der Waals surface area contributed by atoms with Crippen LogP contribution < -0.4 is 0 Å². The number of pyridine rings is 1. The highest BCUT2D eigenvalue weighted by molar-refractivity contribution is 5.41. The summed E-state index contributed by atoms with van der Waals surface area (Å²) in [5.74, 6) is -0.241. The Kier molecular flexibility index (Phi) is 3.43. The van der Waals surface area contributed by atoms with Gasteiger partial charge >= 0.3 is 0 Å². The Bertz CT molecular complexity index is 832. The van der Waals surface area contributed by atoms with Gasteiger partial charge in [0.1, 0.15) is 17.5 Å². The van der Waals surface area contributed by atoms with Crippen molar-refractivity contribution in [2.45, 2.75) is 32.6 Å². The molecule has 3 rings (SSSR count). The van der Waals surface area contributed by atoms with Crippen molar-refractivity contribution in [3.8, 4) is 0 Å². The molecule has 0 saturated carbocycles. The van der Waals surface area contributed by atoms with Crippen LogP contribution >= 0.6 is 0 Å². The lowest BCUT2D eigenvalue weighted by atomic mass is 9.96. The molecule has 0 spiro atoms. The number of hydrogen-bond donors (Lipinski definition) is 0. The van der Waals surface area contributed by atoms with Gasteiger partial charge in [-0.2, -0.15) is 0 Å². The monoisotopic (exact) mass is 301 g/mol. The number of benzene rings is 1. The maximum Gasteiger partial charge on any atom is 0.160 e. The quantitative estimate of drug-likeness (QED) is 0.718. The molecule has 1 aromatic carbocycles. The van der Waals surface area contributed by atoms with Crippen LogP contribution in [0.1, 0.15) is 37.7 Å². The van der Waals surface area contributed by atoms with Crippen LogP contribution in [-0.4, -0.2) is 14.6 Å². The van der Waals surface area contributed by atoms with Crippen LogP contribution in [0.25, 0.3) is 5.65 Å². The third kappa shape index (κ3) is 2.71. The summed E-state index contributed by atoms with van der Waals surface area (Å²) >= 11 is 0. The van der Waals surface area contributed by atoms with Crippen LogP contribution in [0.4, 0.5) is 8.78 Å². The minimum Gasteiger partial charge on any atom is -0.286 e. The van der Waals surface area contributed by atoms with E-state index in [0.29, 0.717) is 12.0 Å². The molecule has 22 heavy (non-hydrogen) atoms. The molecule has 0 aliphatic heterocycles. The number of halogens is 2. The lowest BCUT2D eigenvalue weighted by molar-refractivity contribution is 0.538. The standard InChI is InChI=1S/C17H17F2N3/c1-17(2,3)16-21-20-15-7-4-11(10-22(15)16)8-12-5-6-13(18)9-14(12)19/h4-7,9-10H,8H2,1-3H3. The van der Waals surface area contributed by atoms with Gasteiger partial charge in [-0.05, 0) is 23.3 Å². The number of aromatic nitrogens is 3. The molecular weight excluding hydrogens is 284 g/mol. The van der Waals surface area contributed by atoms with Gasteiger partial charge in [0.2, 0.25) is 0 Å². The zero-order valence-electron chi connectivity index (χ0n) is 12.8. The second kappa shape index (κ2) is 5.16. The van der Waals surface area contributed by atoms with E-state index < -0.39 is 11.6 Å². The topological polar surface area (TPSA) is 30.2 Å². The first-order chi connectivity index (χ1) is 10.3. The summed E-state index contributed by atoms with van der Waals surface area (Å²) in [7, 11) is 0. The highest BCUT2D eigenvalue weighted by atomic mass is 19.1. The fourth-order valence-electron chi connectivity index (χ4n) is 2.44. The molecule has 3 aromatic rings. The molecule has 0 fully saturated rings. The maximum absolute atomic E-state index is 13.8. The van der Waals surface area contributed by atoms with Crippen LogP contribution in [-0.2, 0) is 11.8 Å². The van der Waals surface area contributed by atoms with Gasteiger partial charge in [-0.1, -0.05) is 32.9 Å². The summed E-state index contributed by atoms with van der Waals surface area (Å²) in [6, 6.07) is 7.41. The largest absolute Gasteiger partial charge is 0.286 e. The summed E-state index contributed by atoms with van der Waals surface area (Å²) in [6.45, 7) is 6.20. The Morgan fingerprint density at radius 1 is 1.05 bits per heavy atom. The number of hydrogen-bond acceptors (Lipinski definition) is 2. The van der Waals surface area contributed by atoms with E-state index >= 15 is 0 Å². The van der Waals surface area contributed by atoms with Crippen LogP contribution in [0.2, 0.25) is 0 Å². The average Bonchev–Trinajstić information content (AvgIpc) is 2.85. The Morgan fingerprint density at radius 3 is 2.50 bits per heavy atom. The van der Waals surface area contributed by atoms with Gasteiger partial charge < -0.3 is 0 Å². The lowest BCUT2D eigenvalue weighted by Crippen LogP contribution is -2.16. The normalized spacial score (nSPS) is 12.0. The summed E-state index contributed by atoms with van der Waals surface area (Å²) in [4.78, 5) is 0. The molecule has 0 bridgehead atoms. The Labute approximate surface area is 127 Å². The molecule has 0 aliphatic rings. The predicted molar refractivity (Wildman–Crippen MR) is 80.9 cm³/mol. The van der Waals surface area contributed by atoms with E-state index in [1.54, 1.807) is 0 Å². The zero-order valence-corrected chi connectivity index (χ0v) is 12.8. The van der Waals surface area contributed by atoms with Crippen LogP contribution in [0, 0.1) is 11.6 Å². The van der Waals surface area contributed by atoms with E-state index in [4.69, 9.17) is 0 Å². The van der Waals surface area contributed by atoms with Gasteiger partial charge in [0.05, 0.1) is 0 Å². The van der Waals surface area contributed by atoms with Crippen molar-refractivity contribution in [2.75, 3.05) is 0 Å². The molecule has 114 valence electrons. The Hall–Kier alpha value is -2.30.